The molecular weight excluding hydrogens is 462 g/mol. The van der Waals surface area contributed by atoms with E-state index in [1.54, 1.807) is 16.5 Å². The lowest BCUT2D eigenvalue weighted by molar-refractivity contribution is 0.102. The van der Waals surface area contributed by atoms with Crippen molar-refractivity contribution in [2.45, 2.75) is 10.1 Å². The van der Waals surface area contributed by atoms with Gasteiger partial charge in [-0.2, -0.15) is 0 Å². The van der Waals surface area contributed by atoms with E-state index in [0.29, 0.717) is 22.3 Å². The molecule has 5 rings (SSSR count). The second kappa shape index (κ2) is 7.89. The second-order valence-corrected chi connectivity index (χ2v) is 8.43. The molecule has 0 spiro atoms. The molecule has 5 aromatic rings. The third-order valence-corrected chi connectivity index (χ3v) is 5.99. The van der Waals surface area contributed by atoms with Gasteiger partial charge in [0, 0.05) is 20.3 Å². The summed E-state index contributed by atoms with van der Waals surface area (Å²) < 4.78 is 2.79. The highest BCUT2D eigenvalue weighted by Crippen LogP contribution is 2.32. The van der Waals surface area contributed by atoms with E-state index < -0.39 is 0 Å². The molecule has 0 aliphatic carbocycles. The highest BCUT2D eigenvalue weighted by Gasteiger charge is 2.18. The van der Waals surface area contributed by atoms with E-state index in [-0.39, 0.29) is 5.91 Å². The highest BCUT2D eigenvalue weighted by molar-refractivity contribution is 9.10. The number of benzene rings is 3. The number of carbonyl (C=O) groups is 1. The van der Waals surface area contributed by atoms with Gasteiger partial charge >= 0.3 is 0 Å². The van der Waals surface area contributed by atoms with E-state index in [1.807, 2.05) is 66.7 Å². The lowest BCUT2D eigenvalue weighted by atomic mass is 10.2. The predicted octanol–water partition coefficient (Wildman–Crippen LogP) is 5.44. The number of hydrogen-bond acceptors (Lipinski definition) is 5. The van der Waals surface area contributed by atoms with Crippen LogP contribution in [-0.4, -0.2) is 25.5 Å². The number of carbonyl (C=O) groups excluding carboxylic acids is 1. The van der Waals surface area contributed by atoms with E-state index in [0.717, 1.165) is 20.3 Å². The largest absolute Gasteiger partial charge is 0.290 e. The monoisotopic (exact) mass is 475 g/mol. The molecule has 3 aromatic carbocycles. The molecule has 0 bridgehead atoms. The fraction of sp³-hybridized carbons (Fsp3) is 0. The molecule has 0 atom stereocenters. The Hall–Kier alpha value is -3.23. The van der Waals surface area contributed by atoms with Gasteiger partial charge in [0.25, 0.3) is 5.91 Å². The number of halogens is 1. The first kappa shape index (κ1) is 18.8. The van der Waals surface area contributed by atoms with Crippen molar-refractivity contribution in [2.24, 2.45) is 0 Å². The van der Waals surface area contributed by atoms with E-state index in [1.165, 1.54) is 11.8 Å². The van der Waals surface area contributed by atoms with Gasteiger partial charge in [0.2, 0.25) is 5.95 Å². The van der Waals surface area contributed by atoms with E-state index in [4.69, 9.17) is 4.98 Å². The Kier molecular flexibility index (Phi) is 4.94. The van der Waals surface area contributed by atoms with Gasteiger partial charge in [0.05, 0.1) is 5.52 Å². The Balaban J connectivity index is 1.63. The number of fused-ring (bicyclic) bond motifs is 3. The molecular formula is C22H14BrN5OS. The first-order chi connectivity index (χ1) is 14.7. The number of anilines is 1. The fourth-order valence-electron chi connectivity index (χ4n) is 3.07. The van der Waals surface area contributed by atoms with Crippen LogP contribution in [0.15, 0.2) is 93.4 Å². The van der Waals surface area contributed by atoms with Crippen molar-refractivity contribution in [3.05, 3.63) is 88.9 Å². The van der Waals surface area contributed by atoms with Crippen molar-refractivity contribution >= 4 is 56.1 Å². The van der Waals surface area contributed by atoms with E-state index in [9.17, 15) is 4.79 Å². The molecule has 2 heterocycles. The molecule has 0 fully saturated rings. The summed E-state index contributed by atoms with van der Waals surface area (Å²) in [5.41, 5.74) is 2.01. The molecule has 1 amide bonds. The molecule has 0 saturated heterocycles. The third-order valence-electron chi connectivity index (χ3n) is 4.50. The molecule has 1 N–H and O–H groups in total. The Bertz CT molecular complexity index is 1370. The topological polar surface area (TPSA) is 72.2 Å². The van der Waals surface area contributed by atoms with E-state index >= 15 is 0 Å². The maximum atomic E-state index is 12.7. The normalized spacial score (nSPS) is 11.1. The molecule has 0 aliphatic rings. The van der Waals surface area contributed by atoms with Gasteiger partial charge < -0.3 is 0 Å². The number of para-hydroxylation sites is 1. The van der Waals surface area contributed by atoms with Crippen molar-refractivity contribution in [2.75, 3.05) is 5.32 Å². The van der Waals surface area contributed by atoms with Crippen LogP contribution in [0.25, 0.3) is 16.6 Å². The predicted molar refractivity (Wildman–Crippen MR) is 121 cm³/mol. The second-order valence-electron chi connectivity index (χ2n) is 6.47. The lowest BCUT2D eigenvalue weighted by Gasteiger charge is -2.10. The zero-order valence-electron chi connectivity index (χ0n) is 15.5. The molecule has 2 aromatic heterocycles. The maximum absolute atomic E-state index is 12.7. The van der Waals surface area contributed by atoms with Gasteiger partial charge in [-0.15, -0.1) is 10.2 Å². The number of nitrogens with zero attached hydrogens (tertiary/aromatic N) is 4. The van der Waals surface area contributed by atoms with Crippen LogP contribution in [-0.2, 0) is 0 Å². The van der Waals surface area contributed by atoms with Gasteiger partial charge in [-0.25, -0.2) is 9.38 Å². The summed E-state index contributed by atoms with van der Waals surface area (Å²) in [6, 6.07) is 24.7. The van der Waals surface area contributed by atoms with Crippen LogP contribution in [0, 0.1) is 0 Å². The average Bonchev–Trinajstić information content (AvgIpc) is 3.20. The minimum atomic E-state index is -0.252. The number of amides is 1. The maximum Gasteiger partial charge on any atom is 0.258 e. The Morgan fingerprint density at radius 2 is 1.63 bits per heavy atom. The summed E-state index contributed by atoms with van der Waals surface area (Å²) in [6.45, 7) is 0. The van der Waals surface area contributed by atoms with Gasteiger partial charge in [-0.05, 0) is 48.5 Å². The standard InChI is InChI=1S/C22H14BrN5OS/c23-15-10-12-16(13-11-15)30-22-24-18-9-5-4-8-17(18)19-26-27-21(28(19)22)25-20(29)14-6-2-1-3-7-14/h1-13H,(H,25,27,29). The minimum Gasteiger partial charge on any atom is -0.290 e. The van der Waals surface area contributed by atoms with Crippen molar-refractivity contribution in [1.29, 1.82) is 0 Å². The van der Waals surface area contributed by atoms with Crippen molar-refractivity contribution in [3.8, 4) is 0 Å². The quantitative estimate of drug-likeness (QED) is 0.350. The van der Waals surface area contributed by atoms with Crippen LogP contribution in [0.3, 0.4) is 0 Å². The van der Waals surface area contributed by atoms with Gasteiger partial charge in [-0.3, -0.25) is 10.1 Å². The Labute approximate surface area is 184 Å². The zero-order chi connectivity index (χ0) is 20.5. The third kappa shape index (κ3) is 3.55. The molecule has 0 radical (unpaired) electrons. The van der Waals surface area contributed by atoms with Gasteiger partial charge in [0.1, 0.15) is 0 Å². The summed E-state index contributed by atoms with van der Waals surface area (Å²) in [5.74, 6) is 0.0781. The molecule has 0 aliphatic heterocycles. The summed E-state index contributed by atoms with van der Waals surface area (Å²) in [5, 5.41) is 13.0. The highest BCUT2D eigenvalue weighted by atomic mass is 79.9. The smallest absolute Gasteiger partial charge is 0.258 e. The molecule has 30 heavy (non-hydrogen) atoms. The lowest BCUT2D eigenvalue weighted by Crippen LogP contribution is -2.14. The van der Waals surface area contributed by atoms with Crippen molar-refractivity contribution in [1.82, 2.24) is 19.6 Å². The summed E-state index contributed by atoms with van der Waals surface area (Å²) in [7, 11) is 0. The van der Waals surface area contributed by atoms with Gasteiger partial charge in [0.15, 0.2) is 10.8 Å². The summed E-state index contributed by atoms with van der Waals surface area (Å²) >= 11 is 4.94. The van der Waals surface area contributed by atoms with Crippen LogP contribution in [0.4, 0.5) is 5.95 Å². The SMILES string of the molecule is O=C(Nc1nnc2c3ccccc3nc(Sc3ccc(Br)cc3)n12)c1ccccc1. The molecule has 146 valence electrons. The zero-order valence-corrected chi connectivity index (χ0v) is 17.9. The summed E-state index contributed by atoms with van der Waals surface area (Å²) in [4.78, 5) is 18.5. The number of rotatable bonds is 4. The van der Waals surface area contributed by atoms with Crippen molar-refractivity contribution in [3.63, 3.8) is 0 Å². The van der Waals surface area contributed by atoms with E-state index in [2.05, 4.69) is 31.4 Å². The van der Waals surface area contributed by atoms with Gasteiger partial charge in [-0.1, -0.05) is 58.0 Å². The van der Waals surface area contributed by atoms with Crippen molar-refractivity contribution < 1.29 is 4.79 Å². The van der Waals surface area contributed by atoms with Crippen LogP contribution < -0.4 is 5.32 Å². The first-order valence-electron chi connectivity index (χ1n) is 9.13. The fourth-order valence-corrected chi connectivity index (χ4v) is 4.23. The van der Waals surface area contributed by atoms with Crippen LogP contribution >= 0.6 is 27.7 Å². The number of hydrogen-bond donors (Lipinski definition) is 1. The molecule has 0 saturated carbocycles. The Morgan fingerprint density at radius 1 is 0.900 bits per heavy atom. The number of nitrogens with one attached hydrogen (secondary N) is 1. The van der Waals surface area contributed by atoms with Crippen LogP contribution in [0.2, 0.25) is 0 Å². The molecule has 8 heteroatoms. The van der Waals surface area contributed by atoms with Crippen LogP contribution in [0.1, 0.15) is 10.4 Å². The first-order valence-corrected chi connectivity index (χ1v) is 10.7. The average molecular weight is 476 g/mol. The summed E-state index contributed by atoms with van der Waals surface area (Å²) in [6.07, 6.45) is 0. The molecule has 6 nitrogen and oxygen atoms in total. The molecule has 0 unspecified atom stereocenters. The van der Waals surface area contributed by atoms with Crippen LogP contribution in [0.5, 0.6) is 0 Å². The number of aromatic nitrogens is 4. The Morgan fingerprint density at radius 3 is 2.43 bits per heavy atom. The minimum absolute atomic E-state index is 0.252.